The molecule has 0 saturated heterocycles. The molecule has 0 fully saturated rings. The molecule has 176 valence electrons. The summed E-state index contributed by atoms with van der Waals surface area (Å²) in [5.41, 5.74) is 0.0723. The number of thioether (sulfide) groups is 1. The maximum absolute atomic E-state index is 14.2. The second kappa shape index (κ2) is 12.0. The van der Waals surface area contributed by atoms with Crippen molar-refractivity contribution in [2.24, 2.45) is 0 Å². The highest BCUT2D eigenvalue weighted by atomic mass is 32.2. The number of carbonyl (C=O) groups excluding carboxylic acids is 3. The highest BCUT2D eigenvalue weighted by molar-refractivity contribution is 8.13. The van der Waals surface area contributed by atoms with Crippen LogP contribution < -0.4 is 10.1 Å². The number of hydrogen-bond acceptors (Lipinski definition) is 7. The largest absolute Gasteiger partial charge is 0.480 e. The maximum Gasteiger partial charge on any atom is 0.372 e. The van der Waals surface area contributed by atoms with Crippen LogP contribution in [-0.2, 0) is 14.3 Å². The number of aliphatic carboxylic acids is 1. The summed E-state index contributed by atoms with van der Waals surface area (Å²) in [7, 11) is 0. The average Bonchev–Trinajstić information content (AvgIpc) is 2.75. The molecule has 0 saturated carbocycles. The van der Waals surface area contributed by atoms with Crippen LogP contribution in [0.2, 0.25) is 0 Å². The maximum atomic E-state index is 14.2. The third kappa shape index (κ3) is 7.56. The highest BCUT2D eigenvalue weighted by Gasteiger charge is 2.23. The Bertz CT molecular complexity index is 1060. The molecule has 0 aliphatic carbocycles. The lowest BCUT2D eigenvalue weighted by Crippen LogP contribution is -2.41. The first-order valence-electron chi connectivity index (χ1n) is 9.73. The number of amides is 1. The number of rotatable bonds is 9. The zero-order valence-corrected chi connectivity index (χ0v) is 18.5. The van der Waals surface area contributed by atoms with E-state index in [4.69, 9.17) is 14.6 Å². The van der Waals surface area contributed by atoms with Crippen molar-refractivity contribution in [1.82, 2.24) is 5.32 Å². The van der Waals surface area contributed by atoms with Gasteiger partial charge < -0.3 is 19.9 Å². The highest BCUT2D eigenvalue weighted by Crippen LogP contribution is 2.30. The number of benzene rings is 2. The zero-order chi connectivity index (χ0) is 24.5. The molecule has 0 unspecified atom stereocenters. The lowest BCUT2D eigenvalue weighted by Gasteiger charge is -2.14. The van der Waals surface area contributed by atoms with Crippen LogP contribution >= 0.6 is 11.8 Å². The molecule has 2 rings (SSSR count). The number of carboxylic acid groups (broad SMARTS) is 1. The van der Waals surface area contributed by atoms with E-state index < -0.39 is 40.8 Å². The van der Waals surface area contributed by atoms with Gasteiger partial charge in [-0.1, -0.05) is 13.0 Å². The van der Waals surface area contributed by atoms with E-state index in [2.05, 4.69) is 5.32 Å². The summed E-state index contributed by atoms with van der Waals surface area (Å²) >= 11 is 0.482. The van der Waals surface area contributed by atoms with Crippen LogP contribution in [0, 0.1) is 11.6 Å². The van der Waals surface area contributed by atoms with Gasteiger partial charge in [-0.3, -0.25) is 4.79 Å². The average molecular weight is 481 g/mol. The molecular weight excluding hydrogens is 460 g/mol. The normalized spacial score (nSPS) is 11.4. The van der Waals surface area contributed by atoms with Gasteiger partial charge >= 0.3 is 17.2 Å². The predicted octanol–water partition coefficient (Wildman–Crippen LogP) is 4.02. The van der Waals surface area contributed by atoms with Gasteiger partial charge in [0.15, 0.2) is 0 Å². The monoisotopic (exact) mass is 481 g/mol. The summed E-state index contributed by atoms with van der Waals surface area (Å²) in [6.07, 6.45) is 0.530. The third-order valence-electron chi connectivity index (χ3n) is 4.12. The fourth-order valence-electron chi connectivity index (χ4n) is 2.63. The van der Waals surface area contributed by atoms with Gasteiger partial charge in [-0.15, -0.1) is 0 Å². The molecule has 0 spiro atoms. The summed E-state index contributed by atoms with van der Waals surface area (Å²) < 4.78 is 37.7. The number of halogens is 2. The molecule has 1 amide bonds. The molecule has 33 heavy (non-hydrogen) atoms. The fraction of sp³-hybridized carbons (Fsp3) is 0.273. The van der Waals surface area contributed by atoms with E-state index in [0.29, 0.717) is 24.2 Å². The number of nitrogens with one attached hydrogen (secondary N) is 1. The van der Waals surface area contributed by atoms with E-state index in [1.807, 2.05) is 0 Å². The van der Waals surface area contributed by atoms with E-state index in [-0.39, 0.29) is 34.8 Å². The van der Waals surface area contributed by atoms with Gasteiger partial charge in [0, 0.05) is 24.3 Å². The molecule has 0 aliphatic rings. The SMILES string of the molecule is CCCOC(=O)c1cc(-c2ccc(F)cc2F)ccc1OC(=O)SC[C@H](NC(C)=O)C(=O)O. The van der Waals surface area contributed by atoms with Crippen LogP contribution in [0.5, 0.6) is 5.75 Å². The second-order valence-corrected chi connectivity index (χ2v) is 7.68. The van der Waals surface area contributed by atoms with Gasteiger partial charge in [0.05, 0.1) is 6.61 Å². The van der Waals surface area contributed by atoms with E-state index in [0.717, 1.165) is 13.0 Å². The van der Waals surface area contributed by atoms with Crippen LogP contribution in [0.4, 0.5) is 13.6 Å². The molecule has 0 aromatic heterocycles. The Labute approximate surface area is 192 Å². The van der Waals surface area contributed by atoms with Gasteiger partial charge in [0.1, 0.15) is 29.0 Å². The van der Waals surface area contributed by atoms with Gasteiger partial charge in [-0.25, -0.2) is 23.2 Å². The Morgan fingerprint density at radius 2 is 1.85 bits per heavy atom. The summed E-state index contributed by atoms with van der Waals surface area (Å²) in [4.78, 5) is 47.0. The van der Waals surface area contributed by atoms with Crippen molar-refractivity contribution < 1.29 is 42.5 Å². The van der Waals surface area contributed by atoms with Gasteiger partial charge in [0.2, 0.25) is 5.91 Å². The summed E-state index contributed by atoms with van der Waals surface area (Å²) in [6.45, 7) is 3.01. The van der Waals surface area contributed by atoms with E-state index in [1.165, 1.54) is 24.3 Å². The minimum Gasteiger partial charge on any atom is -0.480 e. The van der Waals surface area contributed by atoms with E-state index in [9.17, 15) is 28.0 Å². The third-order valence-corrected chi connectivity index (χ3v) is 4.93. The zero-order valence-electron chi connectivity index (χ0n) is 17.7. The van der Waals surface area contributed by atoms with Crippen molar-refractivity contribution in [2.45, 2.75) is 26.3 Å². The smallest absolute Gasteiger partial charge is 0.372 e. The first kappa shape index (κ1) is 25.8. The molecule has 1 atom stereocenters. The molecule has 11 heteroatoms. The van der Waals surface area contributed by atoms with Gasteiger partial charge in [-0.05, 0) is 48.0 Å². The van der Waals surface area contributed by atoms with Crippen LogP contribution in [0.1, 0.15) is 30.6 Å². The van der Waals surface area contributed by atoms with E-state index in [1.54, 1.807) is 6.92 Å². The Hall–Kier alpha value is -3.47. The molecule has 8 nitrogen and oxygen atoms in total. The first-order valence-corrected chi connectivity index (χ1v) is 10.7. The first-order chi connectivity index (χ1) is 15.6. The Morgan fingerprint density at radius 1 is 1.12 bits per heavy atom. The van der Waals surface area contributed by atoms with Gasteiger partial charge in [0.25, 0.3) is 0 Å². The molecule has 2 N–H and O–H groups in total. The van der Waals surface area contributed by atoms with Crippen molar-refractivity contribution in [3.05, 3.63) is 53.6 Å². The fourth-order valence-corrected chi connectivity index (χ4v) is 3.31. The quantitative estimate of drug-likeness (QED) is 0.516. The Kier molecular flexibility index (Phi) is 9.34. The van der Waals surface area contributed by atoms with Crippen LogP contribution in [0.15, 0.2) is 36.4 Å². The number of ether oxygens (including phenoxy) is 2. The van der Waals surface area contributed by atoms with Crippen molar-refractivity contribution in [2.75, 3.05) is 12.4 Å². The minimum atomic E-state index is -1.33. The standard InChI is InChI=1S/C22H21F2NO7S/c1-3-8-31-21(29)16-9-13(15-6-5-14(23)10-17(15)24)4-7-19(16)32-22(30)33-11-18(20(27)28)25-12(2)26/h4-7,9-10,18H,3,8,11H2,1-2H3,(H,25,26)(H,27,28)/t18-/m0/s1. The lowest BCUT2D eigenvalue weighted by molar-refractivity contribution is -0.140. The summed E-state index contributed by atoms with van der Waals surface area (Å²) in [5.74, 6) is -4.86. The van der Waals surface area contributed by atoms with Crippen molar-refractivity contribution in [3.63, 3.8) is 0 Å². The number of carboxylic acids is 1. The molecule has 2 aromatic rings. The molecular formula is C22H21F2NO7S. The number of hydrogen-bond donors (Lipinski definition) is 2. The van der Waals surface area contributed by atoms with Crippen molar-refractivity contribution in [3.8, 4) is 16.9 Å². The minimum absolute atomic E-state index is 0.0211. The Balaban J connectivity index is 2.27. The van der Waals surface area contributed by atoms with Crippen molar-refractivity contribution in [1.29, 1.82) is 0 Å². The number of carbonyl (C=O) groups is 4. The topological polar surface area (TPSA) is 119 Å². The molecule has 0 bridgehead atoms. The van der Waals surface area contributed by atoms with Crippen molar-refractivity contribution >= 4 is 34.9 Å². The second-order valence-electron chi connectivity index (χ2n) is 6.73. The molecule has 0 radical (unpaired) electrons. The molecule has 0 heterocycles. The molecule has 2 aromatic carbocycles. The van der Waals surface area contributed by atoms with E-state index >= 15 is 0 Å². The van der Waals surface area contributed by atoms with Crippen LogP contribution in [0.25, 0.3) is 11.1 Å². The molecule has 0 aliphatic heterocycles. The predicted molar refractivity (Wildman–Crippen MR) is 116 cm³/mol. The number of esters is 1. The van der Waals surface area contributed by atoms with Crippen LogP contribution in [-0.4, -0.2) is 46.7 Å². The van der Waals surface area contributed by atoms with Crippen LogP contribution in [0.3, 0.4) is 0 Å². The summed E-state index contributed by atoms with van der Waals surface area (Å²) in [5, 5.41) is 10.4. The summed E-state index contributed by atoms with van der Waals surface area (Å²) in [6, 6.07) is 5.52. The lowest BCUT2D eigenvalue weighted by atomic mass is 10.0. The van der Waals surface area contributed by atoms with Gasteiger partial charge in [-0.2, -0.15) is 0 Å². The Morgan fingerprint density at radius 3 is 2.45 bits per heavy atom.